The molecule has 1 unspecified atom stereocenters. The normalized spacial score (nSPS) is 12.8. The summed E-state index contributed by atoms with van der Waals surface area (Å²) in [6, 6.07) is -1.93. The van der Waals surface area contributed by atoms with Gasteiger partial charge in [0.1, 0.15) is 6.61 Å². The SMILES string of the molecule is CC(=O)OCC(NC(=O)C(F)(F)F)C(=O)O. The van der Waals surface area contributed by atoms with Gasteiger partial charge < -0.3 is 15.2 Å². The number of halogens is 3. The monoisotopic (exact) mass is 243 g/mol. The number of carbonyl (C=O) groups is 3. The molecule has 0 heterocycles. The van der Waals surface area contributed by atoms with Crippen LogP contribution in [-0.2, 0) is 19.1 Å². The fourth-order valence-corrected chi connectivity index (χ4v) is 0.615. The maximum absolute atomic E-state index is 11.8. The number of aliphatic carboxylic acids is 1. The lowest BCUT2D eigenvalue weighted by Crippen LogP contribution is -2.49. The molecule has 0 aliphatic rings. The number of ether oxygens (including phenoxy) is 1. The molecule has 0 aliphatic heterocycles. The molecule has 0 aromatic carbocycles. The zero-order chi connectivity index (χ0) is 12.9. The molecule has 0 rings (SSSR count). The van der Waals surface area contributed by atoms with Crippen LogP contribution in [0.4, 0.5) is 13.2 Å². The van der Waals surface area contributed by atoms with Crippen LogP contribution in [0.5, 0.6) is 0 Å². The van der Waals surface area contributed by atoms with E-state index in [0.717, 1.165) is 6.92 Å². The van der Waals surface area contributed by atoms with Gasteiger partial charge in [-0.25, -0.2) is 4.79 Å². The Morgan fingerprint density at radius 1 is 1.38 bits per heavy atom. The zero-order valence-electron chi connectivity index (χ0n) is 8.00. The molecule has 0 saturated carbocycles. The quantitative estimate of drug-likeness (QED) is 0.660. The van der Waals surface area contributed by atoms with Crippen LogP contribution in [0, 0.1) is 0 Å². The van der Waals surface area contributed by atoms with Crippen molar-refractivity contribution in [2.24, 2.45) is 0 Å². The largest absolute Gasteiger partial charge is 0.480 e. The molecule has 0 bridgehead atoms. The summed E-state index contributed by atoms with van der Waals surface area (Å²) in [6.45, 7) is 0.0803. The minimum Gasteiger partial charge on any atom is -0.480 e. The number of hydrogen-bond donors (Lipinski definition) is 2. The Balaban J connectivity index is 4.41. The molecule has 0 aromatic heterocycles. The third kappa shape index (κ3) is 5.17. The van der Waals surface area contributed by atoms with Gasteiger partial charge in [-0.05, 0) is 0 Å². The molecule has 92 valence electrons. The molecule has 16 heavy (non-hydrogen) atoms. The molecule has 0 fully saturated rings. The number of hydrogen-bond acceptors (Lipinski definition) is 4. The van der Waals surface area contributed by atoms with Crippen LogP contribution in [0.1, 0.15) is 6.92 Å². The summed E-state index contributed by atoms with van der Waals surface area (Å²) in [5.74, 6) is -5.02. The highest BCUT2D eigenvalue weighted by Crippen LogP contribution is 2.14. The van der Waals surface area contributed by atoms with Crippen molar-refractivity contribution in [1.29, 1.82) is 0 Å². The van der Waals surface area contributed by atoms with Gasteiger partial charge in [0, 0.05) is 6.92 Å². The van der Waals surface area contributed by atoms with Gasteiger partial charge in [-0.3, -0.25) is 9.59 Å². The van der Waals surface area contributed by atoms with Crippen molar-refractivity contribution in [3.8, 4) is 0 Å². The number of carboxylic acid groups (broad SMARTS) is 1. The number of esters is 1. The van der Waals surface area contributed by atoms with Crippen molar-refractivity contribution in [3.63, 3.8) is 0 Å². The van der Waals surface area contributed by atoms with E-state index >= 15 is 0 Å². The van der Waals surface area contributed by atoms with Gasteiger partial charge in [-0.1, -0.05) is 0 Å². The Hall–Kier alpha value is -1.80. The Morgan fingerprint density at radius 2 is 1.88 bits per heavy atom. The molecule has 0 spiro atoms. The Morgan fingerprint density at radius 3 is 2.19 bits per heavy atom. The minimum absolute atomic E-state index is 0.868. The van der Waals surface area contributed by atoms with Crippen LogP contribution in [0.2, 0.25) is 0 Å². The summed E-state index contributed by atoms with van der Waals surface area (Å²) in [7, 11) is 0. The van der Waals surface area contributed by atoms with Crippen LogP contribution in [0.15, 0.2) is 0 Å². The first-order chi connectivity index (χ1) is 7.14. The average molecular weight is 243 g/mol. The minimum atomic E-state index is -5.19. The Labute approximate surface area is 87.4 Å². The highest BCUT2D eigenvalue weighted by molar-refractivity contribution is 5.87. The molecular formula is C7H8F3NO5. The van der Waals surface area contributed by atoms with Gasteiger partial charge in [0.2, 0.25) is 0 Å². The Kier molecular flexibility index (Phi) is 4.73. The lowest BCUT2D eigenvalue weighted by molar-refractivity contribution is -0.176. The van der Waals surface area contributed by atoms with Crippen molar-refractivity contribution < 1.29 is 37.4 Å². The van der Waals surface area contributed by atoms with Gasteiger partial charge in [-0.2, -0.15) is 13.2 Å². The first kappa shape index (κ1) is 14.2. The summed E-state index contributed by atoms with van der Waals surface area (Å²) in [5, 5.41) is 9.60. The fraction of sp³-hybridized carbons (Fsp3) is 0.571. The van der Waals surface area contributed by atoms with Crippen molar-refractivity contribution in [1.82, 2.24) is 5.32 Å². The van der Waals surface area contributed by atoms with Gasteiger partial charge in [-0.15, -0.1) is 0 Å². The first-order valence-corrected chi connectivity index (χ1v) is 3.88. The number of carbonyl (C=O) groups excluding carboxylic acids is 2. The van der Waals surface area contributed by atoms with Crippen LogP contribution in [0.25, 0.3) is 0 Å². The number of nitrogens with one attached hydrogen (secondary N) is 1. The second kappa shape index (κ2) is 5.33. The van der Waals surface area contributed by atoms with E-state index in [9.17, 15) is 27.6 Å². The predicted octanol–water partition coefficient (Wildman–Crippen LogP) is -0.319. The van der Waals surface area contributed by atoms with E-state index in [1.165, 1.54) is 5.32 Å². The first-order valence-electron chi connectivity index (χ1n) is 3.88. The summed E-state index contributed by atoms with van der Waals surface area (Å²) >= 11 is 0. The van der Waals surface area contributed by atoms with Crippen molar-refractivity contribution in [2.75, 3.05) is 6.61 Å². The van der Waals surface area contributed by atoms with E-state index in [1.54, 1.807) is 0 Å². The number of rotatable bonds is 4. The number of carboxylic acids is 1. The molecule has 1 amide bonds. The number of amides is 1. The number of alkyl halides is 3. The summed E-state index contributed by atoms with van der Waals surface area (Å²) in [4.78, 5) is 31.1. The topological polar surface area (TPSA) is 92.7 Å². The maximum atomic E-state index is 11.8. The standard InChI is InChI=1S/C7H8F3NO5/c1-3(12)16-2-4(5(13)14)11-6(15)7(8,9)10/h4H,2H2,1H3,(H,11,15)(H,13,14). The van der Waals surface area contributed by atoms with Crippen molar-refractivity contribution >= 4 is 17.8 Å². The van der Waals surface area contributed by atoms with Crippen molar-refractivity contribution in [3.05, 3.63) is 0 Å². The second-order valence-corrected chi connectivity index (χ2v) is 2.66. The molecule has 0 radical (unpaired) electrons. The van der Waals surface area contributed by atoms with Gasteiger partial charge in [0.25, 0.3) is 0 Å². The third-order valence-electron chi connectivity index (χ3n) is 1.31. The van der Waals surface area contributed by atoms with Gasteiger partial charge in [0.15, 0.2) is 6.04 Å². The molecule has 6 nitrogen and oxygen atoms in total. The van der Waals surface area contributed by atoms with Crippen LogP contribution in [-0.4, -0.2) is 41.8 Å². The lowest BCUT2D eigenvalue weighted by Gasteiger charge is -2.15. The molecule has 0 aromatic rings. The third-order valence-corrected chi connectivity index (χ3v) is 1.31. The van der Waals surface area contributed by atoms with Crippen LogP contribution < -0.4 is 5.32 Å². The second-order valence-electron chi connectivity index (χ2n) is 2.66. The maximum Gasteiger partial charge on any atom is 0.471 e. The molecular weight excluding hydrogens is 235 g/mol. The molecule has 0 saturated heterocycles. The molecule has 2 N–H and O–H groups in total. The van der Waals surface area contributed by atoms with E-state index < -0.39 is 36.7 Å². The van der Waals surface area contributed by atoms with E-state index in [2.05, 4.69) is 4.74 Å². The molecule has 0 aliphatic carbocycles. The molecule has 9 heteroatoms. The summed E-state index contributed by atoms with van der Waals surface area (Å²) in [6.07, 6.45) is -5.19. The molecule has 1 atom stereocenters. The van der Waals surface area contributed by atoms with E-state index in [-0.39, 0.29) is 0 Å². The van der Waals surface area contributed by atoms with E-state index in [4.69, 9.17) is 5.11 Å². The highest BCUT2D eigenvalue weighted by atomic mass is 19.4. The van der Waals surface area contributed by atoms with Gasteiger partial charge >= 0.3 is 24.0 Å². The van der Waals surface area contributed by atoms with Crippen LogP contribution in [0.3, 0.4) is 0 Å². The van der Waals surface area contributed by atoms with Crippen LogP contribution >= 0.6 is 0 Å². The summed E-state index contributed by atoms with van der Waals surface area (Å²) in [5.41, 5.74) is 0. The average Bonchev–Trinajstić information content (AvgIpc) is 2.09. The zero-order valence-corrected chi connectivity index (χ0v) is 8.00. The Bertz CT molecular complexity index is 301. The smallest absolute Gasteiger partial charge is 0.471 e. The summed E-state index contributed by atoms with van der Waals surface area (Å²) < 4.78 is 39.5. The predicted molar refractivity (Wildman–Crippen MR) is 42.3 cm³/mol. The van der Waals surface area contributed by atoms with Crippen molar-refractivity contribution in [2.45, 2.75) is 19.1 Å². The lowest BCUT2D eigenvalue weighted by atomic mass is 10.3. The van der Waals surface area contributed by atoms with E-state index in [1.807, 2.05) is 0 Å². The van der Waals surface area contributed by atoms with E-state index in [0.29, 0.717) is 0 Å². The highest BCUT2D eigenvalue weighted by Gasteiger charge is 2.41. The fourth-order valence-electron chi connectivity index (χ4n) is 0.615. The van der Waals surface area contributed by atoms with Gasteiger partial charge in [0.05, 0.1) is 0 Å².